The molecule has 1 atom stereocenters. The van der Waals surface area contributed by atoms with E-state index in [1.54, 1.807) is 0 Å². The Morgan fingerprint density at radius 2 is 1.69 bits per heavy atom. The Balaban J connectivity index is 2.80. The molecule has 1 aromatic rings. The molecule has 0 saturated heterocycles. The number of carbonyl (C=O) groups is 1. The van der Waals surface area contributed by atoms with Crippen LogP contribution in [0.2, 0.25) is 0 Å². The number of Topliss-reactive ketones (excluding diaryl/α,β-unsaturated/α-hetero) is 1. The van der Waals surface area contributed by atoms with Gasteiger partial charge in [0.15, 0.2) is 5.78 Å². The topological polar surface area (TPSA) is 43.1 Å². The summed E-state index contributed by atoms with van der Waals surface area (Å²) in [6.45, 7) is 8.09. The van der Waals surface area contributed by atoms with Crippen molar-refractivity contribution >= 4 is 5.78 Å². The van der Waals surface area contributed by atoms with E-state index in [9.17, 15) is 4.79 Å². The fourth-order valence-corrected chi connectivity index (χ4v) is 1.70. The van der Waals surface area contributed by atoms with Gasteiger partial charge in [-0.05, 0) is 31.9 Å². The number of hydrogen-bond donors (Lipinski definition) is 1. The lowest BCUT2D eigenvalue weighted by molar-refractivity contribution is 0.0967. The summed E-state index contributed by atoms with van der Waals surface area (Å²) in [4.78, 5) is 12.0. The van der Waals surface area contributed by atoms with E-state index < -0.39 is 0 Å². The summed E-state index contributed by atoms with van der Waals surface area (Å²) < 4.78 is 0. The fourth-order valence-electron chi connectivity index (χ4n) is 1.70. The second-order valence-corrected chi connectivity index (χ2v) is 4.91. The number of carbonyl (C=O) groups excluding carboxylic acids is 1. The van der Waals surface area contributed by atoms with E-state index in [0.29, 0.717) is 12.3 Å². The molecule has 2 nitrogen and oxygen atoms in total. The van der Waals surface area contributed by atoms with Gasteiger partial charge in [0, 0.05) is 18.0 Å². The SMILES string of the molecule is Cc1cc(C)cc(C(=O)CC(N)C(C)C)c1. The minimum atomic E-state index is -0.0479. The van der Waals surface area contributed by atoms with Gasteiger partial charge < -0.3 is 5.73 Å². The van der Waals surface area contributed by atoms with Gasteiger partial charge in [-0.1, -0.05) is 31.0 Å². The summed E-state index contributed by atoms with van der Waals surface area (Å²) in [5.41, 5.74) is 8.95. The molecule has 1 unspecified atom stereocenters. The molecule has 0 fully saturated rings. The molecular weight excluding hydrogens is 198 g/mol. The Kier molecular flexibility index (Phi) is 4.25. The first-order chi connectivity index (χ1) is 7.40. The molecule has 16 heavy (non-hydrogen) atoms. The number of hydrogen-bond acceptors (Lipinski definition) is 2. The molecule has 2 N–H and O–H groups in total. The van der Waals surface area contributed by atoms with E-state index in [1.165, 1.54) is 0 Å². The third kappa shape index (κ3) is 3.46. The van der Waals surface area contributed by atoms with E-state index in [4.69, 9.17) is 5.73 Å². The maximum atomic E-state index is 12.0. The number of benzene rings is 1. The van der Waals surface area contributed by atoms with Crippen LogP contribution in [0.1, 0.15) is 41.8 Å². The monoisotopic (exact) mass is 219 g/mol. The van der Waals surface area contributed by atoms with E-state index in [2.05, 4.69) is 6.07 Å². The minimum absolute atomic E-state index is 0.0479. The van der Waals surface area contributed by atoms with E-state index in [-0.39, 0.29) is 11.8 Å². The van der Waals surface area contributed by atoms with Crippen LogP contribution >= 0.6 is 0 Å². The van der Waals surface area contributed by atoms with Crippen LogP contribution in [0.15, 0.2) is 18.2 Å². The van der Waals surface area contributed by atoms with Gasteiger partial charge >= 0.3 is 0 Å². The molecule has 0 amide bonds. The van der Waals surface area contributed by atoms with Crippen LogP contribution in [-0.4, -0.2) is 11.8 Å². The molecule has 0 spiro atoms. The van der Waals surface area contributed by atoms with Crippen molar-refractivity contribution in [1.29, 1.82) is 0 Å². The lowest BCUT2D eigenvalue weighted by Gasteiger charge is -2.14. The van der Waals surface area contributed by atoms with Gasteiger partial charge in [0.1, 0.15) is 0 Å². The summed E-state index contributed by atoms with van der Waals surface area (Å²) in [6, 6.07) is 5.89. The highest BCUT2D eigenvalue weighted by Crippen LogP contribution is 2.13. The van der Waals surface area contributed by atoms with Crippen molar-refractivity contribution in [3.8, 4) is 0 Å². The second-order valence-electron chi connectivity index (χ2n) is 4.91. The van der Waals surface area contributed by atoms with Crippen LogP contribution in [0, 0.1) is 19.8 Å². The lowest BCUT2D eigenvalue weighted by atomic mass is 9.95. The summed E-state index contributed by atoms with van der Waals surface area (Å²) in [7, 11) is 0. The first-order valence-corrected chi connectivity index (χ1v) is 5.77. The Morgan fingerprint density at radius 3 is 2.12 bits per heavy atom. The first-order valence-electron chi connectivity index (χ1n) is 5.77. The van der Waals surface area contributed by atoms with Gasteiger partial charge in [0.25, 0.3) is 0 Å². The average molecular weight is 219 g/mol. The Morgan fingerprint density at radius 1 is 1.19 bits per heavy atom. The van der Waals surface area contributed by atoms with Crippen LogP contribution in [-0.2, 0) is 0 Å². The number of ketones is 1. The molecule has 0 aliphatic heterocycles. The molecule has 1 aromatic carbocycles. The van der Waals surface area contributed by atoms with Crippen LogP contribution in [0.5, 0.6) is 0 Å². The van der Waals surface area contributed by atoms with Gasteiger partial charge in [-0.3, -0.25) is 4.79 Å². The van der Waals surface area contributed by atoms with Crippen molar-refractivity contribution in [3.05, 3.63) is 34.9 Å². The van der Waals surface area contributed by atoms with Crippen molar-refractivity contribution in [1.82, 2.24) is 0 Å². The van der Waals surface area contributed by atoms with Crippen molar-refractivity contribution in [3.63, 3.8) is 0 Å². The summed E-state index contributed by atoms with van der Waals surface area (Å²) >= 11 is 0. The standard InChI is InChI=1S/C14H21NO/c1-9(2)13(15)8-14(16)12-6-10(3)5-11(4)7-12/h5-7,9,13H,8,15H2,1-4H3. The zero-order valence-corrected chi connectivity index (χ0v) is 10.6. The average Bonchev–Trinajstić information content (AvgIpc) is 2.15. The number of rotatable bonds is 4. The first kappa shape index (κ1) is 12.9. The van der Waals surface area contributed by atoms with Crippen LogP contribution in [0.4, 0.5) is 0 Å². The zero-order chi connectivity index (χ0) is 12.3. The Hall–Kier alpha value is -1.15. The summed E-state index contributed by atoms with van der Waals surface area (Å²) in [5, 5.41) is 0. The van der Waals surface area contributed by atoms with Crippen LogP contribution < -0.4 is 5.73 Å². The number of aryl methyl sites for hydroxylation is 2. The zero-order valence-electron chi connectivity index (χ0n) is 10.6. The van der Waals surface area contributed by atoms with Gasteiger partial charge in [-0.25, -0.2) is 0 Å². The molecule has 0 aliphatic rings. The Bertz CT molecular complexity index is 362. The molecule has 1 rings (SSSR count). The maximum absolute atomic E-state index is 12.0. The third-order valence-electron chi connectivity index (χ3n) is 2.82. The maximum Gasteiger partial charge on any atom is 0.164 e. The lowest BCUT2D eigenvalue weighted by Crippen LogP contribution is -2.29. The fraction of sp³-hybridized carbons (Fsp3) is 0.500. The highest BCUT2D eigenvalue weighted by molar-refractivity contribution is 5.96. The molecule has 0 heterocycles. The van der Waals surface area contributed by atoms with E-state index in [1.807, 2.05) is 39.8 Å². The van der Waals surface area contributed by atoms with Gasteiger partial charge in [-0.2, -0.15) is 0 Å². The van der Waals surface area contributed by atoms with E-state index in [0.717, 1.165) is 16.7 Å². The van der Waals surface area contributed by atoms with Crippen LogP contribution in [0.3, 0.4) is 0 Å². The molecule has 0 saturated carbocycles. The van der Waals surface area contributed by atoms with Gasteiger partial charge in [0.2, 0.25) is 0 Å². The molecular formula is C14H21NO. The smallest absolute Gasteiger partial charge is 0.164 e. The van der Waals surface area contributed by atoms with Crippen molar-refractivity contribution in [2.45, 2.75) is 40.2 Å². The predicted molar refractivity (Wildman–Crippen MR) is 67.7 cm³/mol. The molecule has 0 radical (unpaired) electrons. The van der Waals surface area contributed by atoms with Gasteiger partial charge in [0.05, 0.1) is 0 Å². The molecule has 0 bridgehead atoms. The molecule has 0 aromatic heterocycles. The van der Waals surface area contributed by atoms with Gasteiger partial charge in [-0.15, -0.1) is 0 Å². The quantitative estimate of drug-likeness (QED) is 0.791. The normalized spacial score (nSPS) is 12.9. The molecule has 2 heteroatoms. The third-order valence-corrected chi connectivity index (χ3v) is 2.82. The minimum Gasteiger partial charge on any atom is -0.327 e. The predicted octanol–water partition coefficient (Wildman–Crippen LogP) is 2.86. The van der Waals surface area contributed by atoms with Crippen molar-refractivity contribution in [2.75, 3.05) is 0 Å². The number of nitrogens with two attached hydrogens (primary N) is 1. The highest BCUT2D eigenvalue weighted by atomic mass is 16.1. The molecule has 0 aliphatic carbocycles. The van der Waals surface area contributed by atoms with Crippen LogP contribution in [0.25, 0.3) is 0 Å². The summed E-state index contributed by atoms with van der Waals surface area (Å²) in [6.07, 6.45) is 0.431. The largest absolute Gasteiger partial charge is 0.327 e. The van der Waals surface area contributed by atoms with Crippen molar-refractivity contribution < 1.29 is 4.79 Å². The Labute approximate surface area is 97.9 Å². The summed E-state index contributed by atoms with van der Waals surface area (Å²) in [5.74, 6) is 0.489. The van der Waals surface area contributed by atoms with E-state index >= 15 is 0 Å². The van der Waals surface area contributed by atoms with Crippen molar-refractivity contribution in [2.24, 2.45) is 11.7 Å². The highest BCUT2D eigenvalue weighted by Gasteiger charge is 2.14. The second kappa shape index (κ2) is 5.26. The molecule has 88 valence electrons.